The molecule has 5 atom stereocenters. The number of nitrogens with zero attached hydrogens (tertiary/aromatic N) is 5. The Morgan fingerprint density at radius 3 is 2.91 bits per heavy atom. The zero-order chi connectivity index (χ0) is 32.8. The lowest BCUT2D eigenvalue weighted by molar-refractivity contribution is 0.107. The Hall–Kier alpha value is -3.81. The highest BCUT2D eigenvalue weighted by molar-refractivity contribution is 6.24. The van der Waals surface area contributed by atoms with Crippen LogP contribution in [0.4, 0.5) is 24.7 Å². The molecule has 8 rings (SSSR count). The van der Waals surface area contributed by atoms with Gasteiger partial charge < -0.3 is 15.4 Å². The molecule has 0 bridgehead atoms. The molecular formula is C34H32ClF3N6O. The molecule has 3 saturated heterocycles. The van der Waals surface area contributed by atoms with E-state index in [1.54, 1.807) is 11.0 Å². The summed E-state index contributed by atoms with van der Waals surface area (Å²) in [7, 11) is 0. The number of ether oxygens (including phenoxy) is 1. The number of hydrogen-bond acceptors (Lipinski definition) is 7. The largest absolute Gasteiger partial charge is 0.461 e. The maximum Gasteiger partial charge on any atom is 0.319 e. The summed E-state index contributed by atoms with van der Waals surface area (Å²) in [4.78, 5) is 17.5. The number of alkyl halides is 2. The molecule has 2 N–H and O–H groups in total. The highest BCUT2D eigenvalue weighted by atomic mass is 35.5. The van der Waals surface area contributed by atoms with Gasteiger partial charge in [0.05, 0.1) is 30.6 Å². The number of hydrogen-bond donors (Lipinski definition) is 1. The van der Waals surface area contributed by atoms with Crippen molar-refractivity contribution in [3.8, 4) is 29.6 Å². The summed E-state index contributed by atoms with van der Waals surface area (Å²) in [6.07, 6.45) is 9.84. The third kappa shape index (κ3) is 4.58. The number of halogens is 4. The van der Waals surface area contributed by atoms with Gasteiger partial charge in [0.2, 0.25) is 0 Å². The molecule has 2 aromatic carbocycles. The number of anilines is 2. The minimum atomic E-state index is -2.39. The molecule has 45 heavy (non-hydrogen) atoms. The lowest BCUT2D eigenvalue weighted by atomic mass is 9.95. The Morgan fingerprint density at radius 1 is 1.20 bits per heavy atom. The molecule has 4 aliphatic rings. The summed E-state index contributed by atoms with van der Waals surface area (Å²) in [6, 6.07) is 5.44. The van der Waals surface area contributed by atoms with E-state index in [0.29, 0.717) is 42.8 Å². The average Bonchev–Trinajstić information content (AvgIpc) is 3.39. The molecule has 1 aliphatic carbocycles. The van der Waals surface area contributed by atoms with E-state index in [2.05, 4.69) is 20.9 Å². The molecule has 0 radical (unpaired) electrons. The maximum atomic E-state index is 17.0. The number of fused-ring (bicyclic) bond motifs is 4. The standard InChI is InChI=1S/C34H32ClF3N6O/c1-2-21-25(37)8-7-18-12-20(39)13-23(26(18)21)29-28(38)30-24(15-40-29)32(44-11-4-3-6-22-27(35)31(22)44)42-33(41-30)45-17-34-9-5-10-43(34)16-19(36)14-34/h1,7-8,12-13,15,19,22,27,31H,3-6,9-11,14,16-17,39H2/t19-,22+,27+,31?,34+/m1/s1/i17D2. The molecule has 4 fully saturated rings. The second-order valence-electron chi connectivity index (χ2n) is 12.6. The summed E-state index contributed by atoms with van der Waals surface area (Å²) in [5, 5.41) is 0.958. The Morgan fingerprint density at radius 2 is 2.07 bits per heavy atom. The summed E-state index contributed by atoms with van der Waals surface area (Å²) < 4.78 is 70.6. The van der Waals surface area contributed by atoms with Crippen LogP contribution in [0.25, 0.3) is 32.9 Å². The minimum Gasteiger partial charge on any atom is -0.461 e. The molecule has 1 saturated carbocycles. The van der Waals surface area contributed by atoms with Crippen molar-refractivity contribution < 1.29 is 20.6 Å². The van der Waals surface area contributed by atoms with Crippen molar-refractivity contribution in [3.05, 3.63) is 47.7 Å². The quantitative estimate of drug-likeness (QED) is 0.158. The molecule has 4 aromatic rings. The van der Waals surface area contributed by atoms with Crippen LogP contribution in [0.15, 0.2) is 30.5 Å². The van der Waals surface area contributed by atoms with E-state index in [4.69, 9.17) is 31.2 Å². The summed E-state index contributed by atoms with van der Waals surface area (Å²) in [5.74, 6) is 1.44. The maximum absolute atomic E-state index is 17.0. The van der Waals surface area contributed by atoms with Crippen LogP contribution in [0.2, 0.25) is 0 Å². The van der Waals surface area contributed by atoms with Gasteiger partial charge in [-0.15, -0.1) is 18.0 Å². The molecular weight excluding hydrogens is 601 g/mol. The van der Waals surface area contributed by atoms with Crippen molar-refractivity contribution in [2.75, 3.05) is 36.8 Å². The van der Waals surface area contributed by atoms with Gasteiger partial charge in [0.25, 0.3) is 0 Å². The van der Waals surface area contributed by atoms with Crippen LogP contribution < -0.4 is 15.4 Å². The molecule has 3 aliphatic heterocycles. The molecule has 5 heterocycles. The first-order chi connectivity index (χ1) is 22.5. The Bertz CT molecular complexity index is 1990. The Labute approximate surface area is 266 Å². The number of aromatic nitrogens is 3. The summed E-state index contributed by atoms with van der Waals surface area (Å²) in [5.41, 5.74) is 5.09. The topological polar surface area (TPSA) is 80.4 Å². The van der Waals surface area contributed by atoms with Gasteiger partial charge in [0, 0.05) is 42.3 Å². The van der Waals surface area contributed by atoms with Crippen molar-refractivity contribution in [3.63, 3.8) is 0 Å². The SMILES string of the molecule is [2H]C([2H])(Oc1nc(N2CCCC[C@@H]3C2[C@H]3Cl)c2cnc(-c3cc(N)cc4ccc(F)c(C#C)c34)c(F)c2n1)[C@@]12CCCN1C[C@H](F)C2. The third-order valence-electron chi connectivity index (χ3n) is 9.92. The fourth-order valence-electron chi connectivity index (χ4n) is 7.77. The van der Waals surface area contributed by atoms with Gasteiger partial charge in [-0.25, -0.2) is 13.2 Å². The first-order valence-corrected chi connectivity index (χ1v) is 15.8. The number of terminal acetylenes is 1. The van der Waals surface area contributed by atoms with Crippen LogP contribution in [-0.2, 0) is 0 Å². The number of rotatable bonds is 5. The normalized spacial score (nSPS) is 28.7. The van der Waals surface area contributed by atoms with Crippen LogP contribution in [-0.4, -0.2) is 69.2 Å². The molecule has 0 spiro atoms. The third-order valence-corrected chi connectivity index (χ3v) is 10.5. The fraction of sp³-hybridized carbons (Fsp3) is 0.441. The molecule has 232 valence electrons. The molecule has 7 nitrogen and oxygen atoms in total. The van der Waals surface area contributed by atoms with Crippen LogP contribution in [0, 0.1) is 29.9 Å². The van der Waals surface area contributed by atoms with E-state index in [9.17, 15) is 8.78 Å². The van der Waals surface area contributed by atoms with E-state index in [-0.39, 0.29) is 69.4 Å². The summed E-state index contributed by atoms with van der Waals surface area (Å²) >= 11 is 6.72. The van der Waals surface area contributed by atoms with Crippen molar-refractivity contribution >= 4 is 44.8 Å². The van der Waals surface area contributed by atoms with Gasteiger partial charge in [-0.3, -0.25) is 9.88 Å². The van der Waals surface area contributed by atoms with E-state index < -0.39 is 29.9 Å². The first kappa shape index (κ1) is 26.4. The van der Waals surface area contributed by atoms with Crippen molar-refractivity contribution in [2.24, 2.45) is 5.92 Å². The minimum absolute atomic E-state index is 0.0246. The average molecular weight is 635 g/mol. The molecule has 11 heteroatoms. The monoisotopic (exact) mass is 634 g/mol. The van der Waals surface area contributed by atoms with Crippen molar-refractivity contribution in [2.45, 2.75) is 61.7 Å². The number of benzene rings is 2. The Balaban J connectivity index is 1.32. The van der Waals surface area contributed by atoms with Crippen LogP contribution in [0.5, 0.6) is 6.01 Å². The predicted octanol–water partition coefficient (Wildman–Crippen LogP) is 6.24. The summed E-state index contributed by atoms with van der Waals surface area (Å²) in [6.45, 7) is -1.11. The lowest BCUT2D eigenvalue weighted by Crippen LogP contribution is -2.43. The number of nitrogens with two attached hydrogens (primary N) is 1. The molecule has 1 unspecified atom stereocenters. The smallest absolute Gasteiger partial charge is 0.319 e. The first-order valence-electron chi connectivity index (χ1n) is 16.4. The highest BCUT2D eigenvalue weighted by Crippen LogP contribution is 2.49. The van der Waals surface area contributed by atoms with Crippen LogP contribution in [0.3, 0.4) is 0 Å². The van der Waals surface area contributed by atoms with Gasteiger partial charge in [0.1, 0.15) is 35.6 Å². The van der Waals surface area contributed by atoms with Gasteiger partial charge in [-0.2, -0.15) is 9.97 Å². The van der Waals surface area contributed by atoms with Gasteiger partial charge in [-0.05, 0) is 61.7 Å². The fourth-order valence-corrected chi connectivity index (χ4v) is 8.29. The lowest BCUT2D eigenvalue weighted by Gasteiger charge is -2.31. The number of nitrogen functional groups attached to an aromatic ring is 1. The van der Waals surface area contributed by atoms with Gasteiger partial charge in [0.15, 0.2) is 5.82 Å². The van der Waals surface area contributed by atoms with E-state index in [1.807, 2.05) is 4.90 Å². The van der Waals surface area contributed by atoms with Gasteiger partial charge >= 0.3 is 6.01 Å². The highest BCUT2D eigenvalue weighted by Gasteiger charge is 2.54. The van der Waals surface area contributed by atoms with E-state index in [1.165, 1.54) is 24.4 Å². The van der Waals surface area contributed by atoms with Crippen LogP contribution in [0.1, 0.15) is 46.8 Å². The molecule has 2 aromatic heterocycles. The zero-order valence-corrected chi connectivity index (χ0v) is 25.1. The van der Waals surface area contributed by atoms with E-state index >= 15 is 4.39 Å². The molecule has 0 amide bonds. The zero-order valence-electron chi connectivity index (χ0n) is 26.4. The predicted molar refractivity (Wildman–Crippen MR) is 169 cm³/mol. The van der Waals surface area contributed by atoms with E-state index in [0.717, 1.165) is 19.3 Å². The second kappa shape index (κ2) is 10.6. The van der Waals surface area contributed by atoms with Crippen LogP contribution >= 0.6 is 11.6 Å². The second-order valence-corrected chi connectivity index (χ2v) is 13.1. The van der Waals surface area contributed by atoms with Gasteiger partial charge in [-0.1, -0.05) is 18.4 Å². The number of pyridine rings is 1. The van der Waals surface area contributed by atoms with Crippen molar-refractivity contribution in [1.82, 2.24) is 19.9 Å². The Kier molecular flexibility index (Phi) is 6.24. The van der Waals surface area contributed by atoms with Crippen molar-refractivity contribution in [1.29, 1.82) is 0 Å².